The van der Waals surface area contributed by atoms with Crippen molar-refractivity contribution in [3.63, 3.8) is 0 Å². The molecule has 6 heterocycles. The number of carbonyl (C=O) groups is 2. The Kier molecular flexibility index (Phi) is 17.3. The predicted octanol–water partition coefficient (Wildman–Crippen LogP) is 3.30. The first kappa shape index (κ1) is 54.7. The second-order valence-corrected chi connectivity index (χ2v) is 18.5. The van der Waals surface area contributed by atoms with E-state index < -0.39 is 71.7 Å². The number of aliphatic hydroxyl groups excluding tert-OH is 5. The zero-order valence-electron chi connectivity index (χ0n) is 41.4. The van der Waals surface area contributed by atoms with Crippen LogP contribution in [0, 0.1) is 11.8 Å². The number of amides is 2. The minimum absolute atomic E-state index is 0.0136. The highest BCUT2D eigenvalue weighted by atomic mass is 35.5. The zero-order valence-corrected chi connectivity index (χ0v) is 42.2. The van der Waals surface area contributed by atoms with E-state index in [1.807, 2.05) is 85.8 Å². The fourth-order valence-electron chi connectivity index (χ4n) is 8.08. The van der Waals surface area contributed by atoms with Crippen LogP contribution in [0.2, 0.25) is 0 Å². The number of H-pyrrole nitrogens is 2. The van der Waals surface area contributed by atoms with Crippen LogP contribution < -0.4 is 31.2 Å². The summed E-state index contributed by atoms with van der Waals surface area (Å²) in [6, 6.07) is 25.8. The lowest BCUT2D eigenvalue weighted by atomic mass is 9.84. The van der Waals surface area contributed by atoms with Crippen LogP contribution >= 0.6 is 11.6 Å². The van der Waals surface area contributed by atoms with Gasteiger partial charge in [-0.15, -0.1) is 11.6 Å². The summed E-state index contributed by atoms with van der Waals surface area (Å²) >= 11 is 7.22. The summed E-state index contributed by atoms with van der Waals surface area (Å²) in [7, 11) is 3.31. The molecular weight excluding hydrogens is 984 g/mol. The smallest absolute Gasteiger partial charge is 0.280 e. The van der Waals surface area contributed by atoms with Gasteiger partial charge in [0.2, 0.25) is 23.7 Å². The Balaban J connectivity index is 0.000000162. The van der Waals surface area contributed by atoms with Crippen molar-refractivity contribution < 1.29 is 54.1 Å². The Morgan fingerprint density at radius 2 is 1.05 bits per heavy atom. The minimum atomic E-state index is -1.34. The van der Waals surface area contributed by atoms with Gasteiger partial charge in [0.1, 0.15) is 46.9 Å². The molecule has 3 aromatic carbocycles. The second-order valence-electron chi connectivity index (χ2n) is 17.9. The number of methoxy groups -OCH3 is 2. The Labute approximate surface area is 428 Å². The molecule has 0 unspecified atom stereocenters. The summed E-state index contributed by atoms with van der Waals surface area (Å²) in [5.41, 5.74) is 2.14. The number of rotatable bonds is 13. The van der Waals surface area contributed by atoms with Gasteiger partial charge in [0.15, 0.2) is 34.8 Å². The van der Waals surface area contributed by atoms with E-state index in [2.05, 4.69) is 40.5 Å². The number of halogens is 1. The topological polar surface area (TPSA) is 323 Å². The third kappa shape index (κ3) is 11.3. The van der Waals surface area contributed by atoms with Crippen LogP contribution in [0.4, 0.5) is 11.9 Å². The Hall–Kier alpha value is -7.09. The number of nitrogens with zero attached hydrogens (tertiary/aromatic N) is 6. The zero-order chi connectivity index (χ0) is 53.6. The maximum atomic E-state index is 12.2. The number of carbonyl (C=O) groups excluding carboxylic acids is 2. The van der Waals surface area contributed by atoms with Crippen molar-refractivity contribution in [2.75, 3.05) is 31.5 Å². The van der Waals surface area contributed by atoms with Gasteiger partial charge >= 0.3 is 0 Å². The molecule has 24 heteroatoms. The summed E-state index contributed by atoms with van der Waals surface area (Å²) in [5, 5.41) is 54.5. The molecule has 8 atom stereocenters. The lowest BCUT2D eigenvalue weighted by molar-refractivity contribution is -0.119. The molecule has 7 aromatic rings. The summed E-state index contributed by atoms with van der Waals surface area (Å²) in [4.78, 5) is 68.3. The molecule has 4 aromatic heterocycles. The van der Waals surface area contributed by atoms with E-state index in [9.17, 15) is 44.7 Å². The van der Waals surface area contributed by atoms with Crippen molar-refractivity contribution in [2.45, 2.75) is 95.0 Å². The summed E-state index contributed by atoms with van der Waals surface area (Å²) in [6.07, 6.45) is -5.30. The number of aromatic amines is 2. The number of anilines is 2. The quantitative estimate of drug-likeness (QED) is 0.0591. The molecule has 74 heavy (non-hydrogen) atoms. The number of aromatic nitrogens is 8. The van der Waals surface area contributed by atoms with Gasteiger partial charge in [0.25, 0.3) is 11.1 Å². The largest absolute Gasteiger partial charge is 0.497 e. The lowest BCUT2D eigenvalue weighted by Gasteiger charge is -2.29. The molecule has 0 radical (unpaired) electrons. The van der Waals surface area contributed by atoms with Crippen molar-refractivity contribution in [2.24, 2.45) is 11.8 Å². The summed E-state index contributed by atoms with van der Waals surface area (Å²) < 4.78 is 24.3. The summed E-state index contributed by atoms with van der Waals surface area (Å²) in [6.45, 7) is 8.16. The highest BCUT2D eigenvalue weighted by Crippen LogP contribution is 2.44. The van der Waals surface area contributed by atoms with E-state index in [0.29, 0.717) is 6.42 Å². The van der Waals surface area contributed by atoms with Crippen LogP contribution in [0.25, 0.3) is 22.3 Å². The van der Waals surface area contributed by atoms with Crippen LogP contribution in [0.3, 0.4) is 0 Å². The first-order valence-electron chi connectivity index (χ1n) is 23.6. The van der Waals surface area contributed by atoms with Gasteiger partial charge in [-0.25, -0.2) is 9.97 Å². The molecule has 2 aliphatic heterocycles. The number of aliphatic hydroxyl groups is 5. The average molecular weight is 1040 g/mol. The number of benzene rings is 3. The molecule has 0 bridgehead atoms. The van der Waals surface area contributed by atoms with E-state index >= 15 is 0 Å². The van der Waals surface area contributed by atoms with E-state index in [-0.39, 0.29) is 57.9 Å². The SMILES string of the molecule is CC(C)C(=O)Nc1nc2c(ncn2[C@@H]2O[C@H](CO)[C@@H](O)[C@H]2O)c(=O)[nH]1.CC[C@H]1O[C@@H](n2cnc3c(=O)[nH]c(NC(=O)C(C)C)nc32)[C@H](O)[C@@H]1O.COc1ccc(C(Cl)(c2ccccc2)c2ccc(OC)cc2)cc1. The number of nitrogens with one attached hydrogen (secondary N) is 4. The molecule has 2 fully saturated rings. The van der Waals surface area contributed by atoms with Crippen molar-refractivity contribution in [1.82, 2.24) is 39.0 Å². The van der Waals surface area contributed by atoms with E-state index in [1.54, 1.807) is 41.9 Å². The van der Waals surface area contributed by atoms with Crippen LogP contribution in [0.1, 0.15) is 70.2 Å². The molecule has 9 N–H and O–H groups in total. The number of alkyl halides is 1. The van der Waals surface area contributed by atoms with Crippen molar-refractivity contribution in [3.05, 3.63) is 129 Å². The van der Waals surface area contributed by atoms with Crippen LogP contribution in [0.5, 0.6) is 11.5 Å². The molecule has 2 aliphatic rings. The van der Waals surface area contributed by atoms with Gasteiger partial charge in [-0.05, 0) is 47.4 Å². The second kappa shape index (κ2) is 23.4. The van der Waals surface area contributed by atoms with Crippen molar-refractivity contribution in [1.29, 1.82) is 0 Å². The number of fused-ring (bicyclic) bond motifs is 2. The Morgan fingerprint density at radius 1 is 0.662 bits per heavy atom. The highest BCUT2D eigenvalue weighted by Gasteiger charge is 2.45. The molecule has 394 valence electrons. The van der Waals surface area contributed by atoms with E-state index in [0.717, 1.165) is 28.2 Å². The highest BCUT2D eigenvalue weighted by molar-refractivity contribution is 6.28. The molecule has 0 saturated carbocycles. The first-order chi connectivity index (χ1) is 35.3. The first-order valence-corrected chi connectivity index (χ1v) is 24.0. The summed E-state index contributed by atoms with van der Waals surface area (Å²) in [5.74, 6) is 0.301. The lowest BCUT2D eigenvalue weighted by Crippen LogP contribution is -2.33. The molecule has 2 saturated heterocycles. The molecule has 0 spiro atoms. The molecular formula is C50H59ClN10O13. The van der Waals surface area contributed by atoms with Crippen molar-refractivity contribution >= 4 is 57.6 Å². The molecule has 23 nitrogen and oxygen atoms in total. The van der Waals surface area contributed by atoms with Gasteiger partial charge in [-0.2, -0.15) is 9.97 Å². The van der Waals surface area contributed by atoms with Gasteiger partial charge in [0.05, 0.1) is 39.6 Å². The normalized spacial score (nSPS) is 21.5. The molecule has 0 aliphatic carbocycles. The number of ether oxygens (including phenoxy) is 4. The fourth-order valence-corrected chi connectivity index (χ4v) is 8.46. The monoisotopic (exact) mass is 1040 g/mol. The molecule has 2 amide bonds. The van der Waals surface area contributed by atoms with E-state index in [1.165, 1.54) is 21.8 Å². The van der Waals surface area contributed by atoms with Gasteiger partial charge in [-0.1, -0.05) is 89.2 Å². The standard InChI is InChI=1S/C21H19ClO2.C15H21N5O5.C14H19N5O6/c1-23-19-12-8-17(9-13-19)21(22,16-6-4-3-5-7-16)18-10-14-20(24-2)15-11-18;1-4-7-9(21)10(22)14(25-7)20-5-16-8-11(20)17-15(19-13(8)24)18-12(23)6(2)3;1-5(2)11(23)17-14-16-10-7(12(24)18-14)15-4-19(10)13-9(22)8(21)6(3-20)25-13/h3-15H,1-2H3;5-7,9-10,14,21-22H,4H2,1-3H3,(H2,17,18,19,23,24);4-6,8-9,13,20-22H,3H2,1-2H3,(H2,16,17,18,23,24)/t;7-,9-,10-,14-;6-,8-,9-,13-/m.11/s1. The Bertz CT molecular complexity index is 2960. The fraction of sp³-hybridized carbons (Fsp3) is 0.400. The minimum Gasteiger partial charge on any atom is -0.497 e. The third-order valence-corrected chi connectivity index (χ3v) is 13.0. The number of hydrogen-bond donors (Lipinski definition) is 9. The predicted molar refractivity (Wildman–Crippen MR) is 271 cm³/mol. The number of imidazole rings is 2. The third-order valence-electron chi connectivity index (χ3n) is 12.3. The van der Waals surface area contributed by atoms with Crippen LogP contribution in [-0.4, -0.2) is 134 Å². The maximum absolute atomic E-state index is 12.2. The van der Waals surface area contributed by atoms with Gasteiger partial charge in [0, 0.05) is 11.8 Å². The molecule has 9 rings (SSSR count). The average Bonchev–Trinajstić information content (AvgIpc) is 4.17. The maximum Gasteiger partial charge on any atom is 0.280 e. The number of hydrogen-bond acceptors (Lipinski definition) is 17. The van der Waals surface area contributed by atoms with Crippen molar-refractivity contribution in [3.8, 4) is 11.5 Å². The van der Waals surface area contributed by atoms with E-state index in [4.69, 9.17) is 30.5 Å². The Morgan fingerprint density at radius 3 is 1.41 bits per heavy atom. The van der Waals surface area contributed by atoms with Gasteiger partial charge in [-0.3, -0.25) is 48.9 Å². The van der Waals surface area contributed by atoms with Crippen LogP contribution in [0.15, 0.2) is 101 Å². The van der Waals surface area contributed by atoms with Gasteiger partial charge < -0.3 is 44.5 Å². The van der Waals surface area contributed by atoms with Crippen LogP contribution in [-0.2, 0) is 23.9 Å².